The van der Waals surface area contributed by atoms with Crippen LogP contribution in [0.15, 0.2) is 29.1 Å². The van der Waals surface area contributed by atoms with E-state index >= 15 is 0 Å². The molecule has 2 aromatic heterocycles. The van der Waals surface area contributed by atoms with Crippen molar-refractivity contribution in [2.24, 2.45) is 5.92 Å². The van der Waals surface area contributed by atoms with E-state index in [1.165, 1.54) is 22.6 Å². The van der Waals surface area contributed by atoms with Gasteiger partial charge in [-0.3, -0.25) is 4.79 Å². The van der Waals surface area contributed by atoms with Gasteiger partial charge in [0.2, 0.25) is 0 Å². The molecule has 2 heterocycles. The fourth-order valence-electron chi connectivity index (χ4n) is 3.75. The van der Waals surface area contributed by atoms with Crippen molar-refractivity contribution in [1.29, 1.82) is 0 Å². The molecule has 0 radical (unpaired) electrons. The number of nitrogens with zero attached hydrogens (tertiary/aromatic N) is 1. The van der Waals surface area contributed by atoms with Gasteiger partial charge in [0.15, 0.2) is 0 Å². The van der Waals surface area contributed by atoms with Crippen LogP contribution in [0.5, 0.6) is 0 Å². The van der Waals surface area contributed by atoms with Crippen LogP contribution in [0.2, 0.25) is 0 Å². The predicted molar refractivity (Wildman–Crippen MR) is 108 cm³/mol. The molecule has 1 aliphatic rings. The van der Waals surface area contributed by atoms with Crippen LogP contribution in [0.1, 0.15) is 48.1 Å². The quantitative estimate of drug-likeness (QED) is 0.694. The van der Waals surface area contributed by atoms with Crippen molar-refractivity contribution in [3.8, 4) is 0 Å². The van der Waals surface area contributed by atoms with Crippen molar-refractivity contribution in [2.75, 3.05) is 6.54 Å². The largest absolute Gasteiger partial charge is 0.309 e. The average Bonchev–Trinajstić information content (AvgIpc) is 3.01. The molecule has 27 heavy (non-hydrogen) atoms. The summed E-state index contributed by atoms with van der Waals surface area (Å²) >= 11 is 1.68. The minimum atomic E-state index is -0.219. The van der Waals surface area contributed by atoms with E-state index in [-0.39, 0.29) is 17.4 Å². The first-order valence-electron chi connectivity index (χ1n) is 9.53. The van der Waals surface area contributed by atoms with E-state index in [0.29, 0.717) is 11.7 Å². The molecule has 2 N–H and O–H groups in total. The molecule has 2 atom stereocenters. The summed E-state index contributed by atoms with van der Waals surface area (Å²) in [5.41, 5.74) is 2.27. The normalized spacial score (nSPS) is 17.8. The third-order valence-corrected chi connectivity index (χ3v) is 6.52. The van der Waals surface area contributed by atoms with Gasteiger partial charge < -0.3 is 10.3 Å². The Morgan fingerprint density at radius 1 is 1.37 bits per heavy atom. The topological polar surface area (TPSA) is 57.8 Å². The second-order valence-corrected chi connectivity index (χ2v) is 8.62. The van der Waals surface area contributed by atoms with Crippen LogP contribution in [-0.2, 0) is 19.3 Å². The Balaban J connectivity index is 1.49. The van der Waals surface area contributed by atoms with Crippen LogP contribution in [0.3, 0.4) is 0 Å². The number of halogens is 1. The molecule has 142 valence electrons. The highest BCUT2D eigenvalue weighted by atomic mass is 32.1. The maximum absolute atomic E-state index is 13.0. The van der Waals surface area contributed by atoms with E-state index in [2.05, 4.69) is 17.2 Å². The maximum Gasteiger partial charge on any atom is 0.259 e. The SMILES string of the molecule is C[C@@H]1CCc2c(sc3nc([C@@H](C)NCCc4ccc(F)cc4)[nH]c(=O)c23)C1. The summed E-state index contributed by atoms with van der Waals surface area (Å²) in [6.45, 7) is 5.00. The molecule has 0 saturated carbocycles. The van der Waals surface area contributed by atoms with E-state index < -0.39 is 0 Å². The fraction of sp³-hybridized carbons (Fsp3) is 0.429. The molecular weight excluding hydrogens is 361 g/mol. The number of fused-ring (bicyclic) bond motifs is 3. The van der Waals surface area contributed by atoms with Gasteiger partial charge in [0.1, 0.15) is 16.5 Å². The summed E-state index contributed by atoms with van der Waals surface area (Å²) in [5.74, 6) is 1.14. The molecule has 0 saturated heterocycles. The van der Waals surface area contributed by atoms with Gasteiger partial charge in [-0.05, 0) is 68.3 Å². The van der Waals surface area contributed by atoms with Crippen LogP contribution in [0.4, 0.5) is 4.39 Å². The third-order valence-electron chi connectivity index (χ3n) is 5.37. The third kappa shape index (κ3) is 3.82. The molecule has 4 rings (SSSR count). The molecule has 1 aromatic carbocycles. The highest BCUT2D eigenvalue weighted by Crippen LogP contribution is 2.35. The van der Waals surface area contributed by atoms with Crippen molar-refractivity contribution in [3.05, 3.63) is 62.3 Å². The van der Waals surface area contributed by atoms with Gasteiger partial charge in [0.25, 0.3) is 5.56 Å². The number of aryl methyl sites for hydroxylation is 1. The minimum Gasteiger partial charge on any atom is -0.309 e. The Bertz CT molecular complexity index is 1010. The molecule has 0 fully saturated rings. The average molecular weight is 386 g/mol. The van der Waals surface area contributed by atoms with E-state index in [1.54, 1.807) is 23.5 Å². The van der Waals surface area contributed by atoms with Crippen LogP contribution in [-0.4, -0.2) is 16.5 Å². The number of hydrogen-bond acceptors (Lipinski definition) is 4. The molecular formula is C21H24FN3OS. The highest BCUT2D eigenvalue weighted by Gasteiger charge is 2.23. The van der Waals surface area contributed by atoms with Crippen LogP contribution in [0.25, 0.3) is 10.2 Å². The van der Waals surface area contributed by atoms with Gasteiger partial charge in [-0.1, -0.05) is 19.1 Å². The van der Waals surface area contributed by atoms with Gasteiger partial charge in [0.05, 0.1) is 11.4 Å². The molecule has 3 aromatic rings. The number of rotatable bonds is 5. The summed E-state index contributed by atoms with van der Waals surface area (Å²) in [4.78, 5) is 22.6. The molecule has 4 nitrogen and oxygen atoms in total. The zero-order valence-corrected chi connectivity index (χ0v) is 16.5. The molecule has 0 amide bonds. The molecule has 0 unspecified atom stereocenters. The lowest BCUT2D eigenvalue weighted by Crippen LogP contribution is -2.25. The lowest BCUT2D eigenvalue weighted by molar-refractivity contribution is 0.509. The minimum absolute atomic E-state index is 0.0192. The first-order chi connectivity index (χ1) is 13.0. The Labute approximate surface area is 161 Å². The van der Waals surface area contributed by atoms with Crippen molar-refractivity contribution in [3.63, 3.8) is 0 Å². The van der Waals surface area contributed by atoms with Crippen molar-refractivity contribution >= 4 is 21.6 Å². The van der Waals surface area contributed by atoms with Crippen molar-refractivity contribution < 1.29 is 4.39 Å². The van der Waals surface area contributed by atoms with E-state index in [1.807, 2.05) is 6.92 Å². The Kier molecular flexibility index (Phi) is 5.10. The first kappa shape index (κ1) is 18.3. The van der Waals surface area contributed by atoms with E-state index in [4.69, 9.17) is 4.98 Å². The lowest BCUT2D eigenvalue weighted by atomic mass is 9.89. The second kappa shape index (κ2) is 7.52. The smallest absolute Gasteiger partial charge is 0.259 e. The number of benzene rings is 1. The van der Waals surface area contributed by atoms with E-state index in [9.17, 15) is 9.18 Å². The maximum atomic E-state index is 13.0. The molecule has 0 aliphatic heterocycles. The number of H-pyrrole nitrogens is 1. The van der Waals surface area contributed by atoms with Crippen molar-refractivity contribution in [2.45, 2.75) is 45.6 Å². The predicted octanol–water partition coefficient (Wildman–Crippen LogP) is 4.14. The number of hydrogen-bond donors (Lipinski definition) is 2. The van der Waals surface area contributed by atoms with Crippen molar-refractivity contribution in [1.82, 2.24) is 15.3 Å². The first-order valence-corrected chi connectivity index (χ1v) is 10.3. The van der Waals surface area contributed by atoms with Gasteiger partial charge in [-0.25, -0.2) is 9.37 Å². The van der Waals surface area contributed by atoms with Gasteiger partial charge >= 0.3 is 0 Å². The zero-order chi connectivity index (χ0) is 19.0. The van der Waals surface area contributed by atoms with Gasteiger partial charge in [-0.2, -0.15) is 0 Å². The monoisotopic (exact) mass is 385 g/mol. The van der Waals surface area contributed by atoms with Gasteiger partial charge in [-0.15, -0.1) is 11.3 Å². The lowest BCUT2D eigenvalue weighted by Gasteiger charge is -2.17. The molecule has 0 bridgehead atoms. The standard InChI is InChI=1S/C21H24FN3OS/c1-12-3-8-16-17(11-12)27-21-18(16)20(26)24-19(25-21)13(2)23-10-9-14-4-6-15(22)7-5-14/h4-7,12-13,23H,3,8-11H2,1-2H3,(H,24,25,26)/t12-,13-/m1/s1. The highest BCUT2D eigenvalue weighted by molar-refractivity contribution is 7.18. The summed E-state index contributed by atoms with van der Waals surface area (Å²) in [5, 5.41) is 4.20. The summed E-state index contributed by atoms with van der Waals surface area (Å²) in [6.07, 6.45) is 3.96. The van der Waals surface area contributed by atoms with Crippen LogP contribution >= 0.6 is 11.3 Å². The number of nitrogens with one attached hydrogen (secondary N) is 2. The number of aromatic nitrogens is 2. The summed E-state index contributed by atoms with van der Waals surface area (Å²) in [7, 11) is 0. The summed E-state index contributed by atoms with van der Waals surface area (Å²) < 4.78 is 13.0. The molecule has 0 spiro atoms. The Hall–Kier alpha value is -2.05. The number of aromatic amines is 1. The Morgan fingerprint density at radius 2 is 2.15 bits per heavy atom. The molecule has 6 heteroatoms. The fourth-order valence-corrected chi connectivity index (χ4v) is 5.14. The van der Waals surface area contributed by atoms with Gasteiger partial charge in [0, 0.05) is 4.88 Å². The van der Waals surface area contributed by atoms with Crippen LogP contribution < -0.4 is 10.9 Å². The summed E-state index contributed by atoms with van der Waals surface area (Å²) in [6, 6.07) is 6.49. The number of thiophene rings is 1. The second-order valence-electron chi connectivity index (χ2n) is 7.54. The Morgan fingerprint density at radius 3 is 2.93 bits per heavy atom. The van der Waals surface area contributed by atoms with Crippen LogP contribution in [0, 0.1) is 11.7 Å². The van der Waals surface area contributed by atoms with E-state index in [0.717, 1.165) is 48.0 Å². The molecule has 1 aliphatic carbocycles. The zero-order valence-electron chi connectivity index (χ0n) is 15.6.